The van der Waals surface area contributed by atoms with Gasteiger partial charge in [0.05, 0.1) is 22.3 Å². The third-order valence-corrected chi connectivity index (χ3v) is 2.66. The van der Waals surface area contributed by atoms with E-state index in [4.69, 9.17) is 17.3 Å². The van der Waals surface area contributed by atoms with Crippen molar-refractivity contribution in [3.63, 3.8) is 0 Å². The molecule has 3 nitrogen and oxygen atoms in total. The van der Waals surface area contributed by atoms with Crippen molar-refractivity contribution < 1.29 is 18.0 Å². The first-order chi connectivity index (χ1) is 8.27. The fourth-order valence-corrected chi connectivity index (χ4v) is 1.51. The lowest BCUT2D eigenvalue weighted by Gasteiger charge is -2.16. The molecule has 0 fully saturated rings. The first-order valence-electron chi connectivity index (χ1n) is 5.19. The number of nitrogens with two attached hydrogens (primary N) is 1. The van der Waals surface area contributed by atoms with Gasteiger partial charge in [-0.05, 0) is 18.6 Å². The highest BCUT2D eigenvalue weighted by Gasteiger charge is 2.35. The molecule has 0 unspecified atom stereocenters. The number of amides is 1. The van der Waals surface area contributed by atoms with E-state index in [0.29, 0.717) is 6.42 Å². The molecule has 3 N–H and O–H groups in total. The van der Waals surface area contributed by atoms with E-state index >= 15 is 0 Å². The number of rotatable bonds is 3. The van der Waals surface area contributed by atoms with Gasteiger partial charge < -0.3 is 11.1 Å². The number of carbonyl (C=O) groups is 1. The van der Waals surface area contributed by atoms with Gasteiger partial charge in [-0.25, -0.2) is 0 Å². The Balaban J connectivity index is 3.12. The fourth-order valence-electron chi connectivity index (χ4n) is 1.29. The van der Waals surface area contributed by atoms with Crippen LogP contribution in [0.25, 0.3) is 0 Å². The number of alkyl halides is 3. The summed E-state index contributed by atoms with van der Waals surface area (Å²) in [5.74, 6) is -0.698. The Kier molecular flexibility index (Phi) is 4.59. The molecule has 0 saturated carbocycles. The quantitative estimate of drug-likeness (QED) is 0.894. The Bertz CT molecular complexity index is 448. The minimum absolute atomic E-state index is 0.179. The molecule has 1 aromatic carbocycles. The molecule has 0 radical (unpaired) electrons. The summed E-state index contributed by atoms with van der Waals surface area (Å²) in [6.45, 7) is 1.65. The van der Waals surface area contributed by atoms with Gasteiger partial charge in [0, 0.05) is 0 Å². The third kappa shape index (κ3) is 3.36. The topological polar surface area (TPSA) is 55.1 Å². The van der Waals surface area contributed by atoms with E-state index in [1.165, 1.54) is 12.1 Å². The van der Waals surface area contributed by atoms with Crippen LogP contribution in [0, 0.1) is 0 Å². The van der Waals surface area contributed by atoms with Crippen LogP contribution in [-0.4, -0.2) is 11.9 Å². The van der Waals surface area contributed by atoms with Crippen molar-refractivity contribution >= 4 is 23.2 Å². The molecule has 18 heavy (non-hydrogen) atoms. The highest BCUT2D eigenvalue weighted by atomic mass is 35.5. The van der Waals surface area contributed by atoms with Crippen LogP contribution in [0.2, 0.25) is 5.02 Å². The molecule has 7 heteroatoms. The summed E-state index contributed by atoms with van der Waals surface area (Å²) >= 11 is 5.67. The standard InChI is InChI=1S/C11H12ClF3N2O/c1-2-8(16)10(18)17-9-6(11(13,14)15)4-3-5-7(9)12/h3-5,8H,2,16H2,1H3,(H,17,18)/t8-/m0/s1. The van der Waals surface area contributed by atoms with Crippen LogP contribution in [0.5, 0.6) is 0 Å². The second-order valence-corrected chi connectivity index (χ2v) is 4.07. The maximum atomic E-state index is 12.7. The smallest absolute Gasteiger partial charge is 0.323 e. The minimum atomic E-state index is -4.59. The van der Waals surface area contributed by atoms with E-state index in [1.807, 2.05) is 0 Å². The van der Waals surface area contributed by atoms with Crippen LogP contribution in [-0.2, 0) is 11.0 Å². The third-order valence-electron chi connectivity index (χ3n) is 2.34. The van der Waals surface area contributed by atoms with Crippen LogP contribution < -0.4 is 11.1 Å². The Labute approximate surface area is 107 Å². The average molecular weight is 281 g/mol. The molecule has 0 saturated heterocycles. The number of nitrogens with one attached hydrogen (secondary N) is 1. The molecule has 0 bridgehead atoms. The predicted octanol–water partition coefficient (Wildman–Crippen LogP) is 3.03. The number of hydrogen-bond acceptors (Lipinski definition) is 2. The predicted molar refractivity (Wildman–Crippen MR) is 63.4 cm³/mol. The first kappa shape index (κ1) is 14.8. The van der Waals surface area contributed by atoms with Gasteiger partial charge in [-0.15, -0.1) is 0 Å². The Morgan fingerprint density at radius 2 is 2.11 bits per heavy atom. The van der Waals surface area contributed by atoms with Gasteiger partial charge in [-0.3, -0.25) is 4.79 Å². The monoisotopic (exact) mass is 280 g/mol. The Hall–Kier alpha value is -1.27. The van der Waals surface area contributed by atoms with Crippen molar-refractivity contribution in [1.29, 1.82) is 0 Å². The number of halogens is 4. The number of benzene rings is 1. The summed E-state index contributed by atoms with van der Waals surface area (Å²) in [5, 5.41) is 1.94. The molecule has 100 valence electrons. The highest BCUT2D eigenvalue weighted by molar-refractivity contribution is 6.34. The normalized spacial score (nSPS) is 13.2. The van der Waals surface area contributed by atoms with Gasteiger partial charge in [-0.1, -0.05) is 24.6 Å². The van der Waals surface area contributed by atoms with Crippen molar-refractivity contribution in [2.75, 3.05) is 5.32 Å². The highest BCUT2D eigenvalue weighted by Crippen LogP contribution is 2.38. The van der Waals surface area contributed by atoms with Crippen molar-refractivity contribution in [2.45, 2.75) is 25.6 Å². The molecule has 0 spiro atoms. The van der Waals surface area contributed by atoms with Gasteiger partial charge in [0.15, 0.2) is 0 Å². The number of para-hydroxylation sites is 1. The van der Waals surface area contributed by atoms with Crippen molar-refractivity contribution in [3.05, 3.63) is 28.8 Å². The summed E-state index contributed by atoms with van der Waals surface area (Å²) in [6.07, 6.45) is -4.28. The zero-order valence-electron chi connectivity index (χ0n) is 9.51. The van der Waals surface area contributed by atoms with Crippen molar-refractivity contribution in [2.24, 2.45) is 5.73 Å². The summed E-state index contributed by atoms with van der Waals surface area (Å²) < 4.78 is 38.2. The molecular formula is C11H12ClF3N2O. The minimum Gasteiger partial charge on any atom is -0.323 e. The van der Waals surface area contributed by atoms with E-state index in [2.05, 4.69) is 5.32 Å². The molecule has 1 atom stereocenters. The lowest BCUT2D eigenvalue weighted by molar-refractivity contribution is -0.137. The summed E-state index contributed by atoms with van der Waals surface area (Å²) in [6, 6.07) is 2.41. The zero-order valence-corrected chi connectivity index (χ0v) is 10.3. The number of anilines is 1. The number of hydrogen-bond donors (Lipinski definition) is 2. The maximum absolute atomic E-state index is 12.7. The summed E-state index contributed by atoms with van der Waals surface area (Å²) in [7, 11) is 0. The van der Waals surface area contributed by atoms with Gasteiger partial charge in [0.25, 0.3) is 0 Å². The molecule has 1 rings (SSSR count). The first-order valence-corrected chi connectivity index (χ1v) is 5.57. The average Bonchev–Trinajstić information content (AvgIpc) is 2.29. The Morgan fingerprint density at radius 1 is 1.50 bits per heavy atom. The Morgan fingerprint density at radius 3 is 2.61 bits per heavy atom. The molecule has 0 aliphatic rings. The van der Waals surface area contributed by atoms with Gasteiger partial charge in [0.2, 0.25) is 5.91 Å². The van der Waals surface area contributed by atoms with E-state index in [1.54, 1.807) is 6.92 Å². The van der Waals surface area contributed by atoms with Gasteiger partial charge >= 0.3 is 6.18 Å². The lowest BCUT2D eigenvalue weighted by Crippen LogP contribution is -2.35. The van der Waals surface area contributed by atoms with E-state index in [9.17, 15) is 18.0 Å². The van der Waals surface area contributed by atoms with Gasteiger partial charge in [0.1, 0.15) is 0 Å². The summed E-state index contributed by atoms with van der Waals surface area (Å²) in [5.41, 5.74) is 3.99. The molecule has 1 amide bonds. The maximum Gasteiger partial charge on any atom is 0.418 e. The fraction of sp³-hybridized carbons (Fsp3) is 0.364. The second-order valence-electron chi connectivity index (χ2n) is 3.66. The van der Waals surface area contributed by atoms with Crippen LogP contribution in [0.4, 0.5) is 18.9 Å². The molecule has 0 aliphatic heterocycles. The van der Waals surface area contributed by atoms with E-state index in [0.717, 1.165) is 6.07 Å². The largest absolute Gasteiger partial charge is 0.418 e. The molecular weight excluding hydrogens is 269 g/mol. The van der Waals surface area contributed by atoms with Crippen LogP contribution >= 0.6 is 11.6 Å². The van der Waals surface area contributed by atoms with Crippen molar-refractivity contribution in [1.82, 2.24) is 0 Å². The second kappa shape index (κ2) is 5.58. The van der Waals surface area contributed by atoms with E-state index < -0.39 is 29.4 Å². The molecule has 0 heterocycles. The zero-order chi connectivity index (χ0) is 13.9. The molecule has 0 aromatic heterocycles. The van der Waals surface area contributed by atoms with Crippen molar-refractivity contribution in [3.8, 4) is 0 Å². The van der Waals surface area contributed by atoms with Crippen LogP contribution in [0.15, 0.2) is 18.2 Å². The van der Waals surface area contributed by atoms with Crippen LogP contribution in [0.3, 0.4) is 0 Å². The molecule has 0 aliphatic carbocycles. The molecule has 1 aromatic rings. The van der Waals surface area contributed by atoms with E-state index in [-0.39, 0.29) is 5.02 Å². The lowest BCUT2D eigenvalue weighted by atomic mass is 10.1. The van der Waals surface area contributed by atoms with Crippen LogP contribution in [0.1, 0.15) is 18.9 Å². The SMILES string of the molecule is CC[C@H](N)C(=O)Nc1c(Cl)cccc1C(F)(F)F. The summed E-state index contributed by atoms with van der Waals surface area (Å²) in [4.78, 5) is 11.5. The van der Waals surface area contributed by atoms with Gasteiger partial charge in [-0.2, -0.15) is 13.2 Å². The number of carbonyl (C=O) groups excluding carboxylic acids is 1.